The second-order valence-electron chi connectivity index (χ2n) is 5.28. The number of aliphatic carboxylic acids is 1. The number of nitrogens with two attached hydrogens (primary N) is 1. The van der Waals surface area contributed by atoms with Crippen LogP contribution in [0.25, 0.3) is 0 Å². The van der Waals surface area contributed by atoms with Gasteiger partial charge in [0, 0.05) is 12.5 Å². The molecule has 0 spiro atoms. The minimum atomic E-state index is -1.03. The highest BCUT2D eigenvalue weighted by Crippen LogP contribution is 2.21. The van der Waals surface area contributed by atoms with Crippen molar-refractivity contribution < 1.29 is 24.2 Å². The van der Waals surface area contributed by atoms with E-state index in [0.717, 1.165) is 11.1 Å². The number of esters is 1. The van der Waals surface area contributed by atoms with Gasteiger partial charge in [0.25, 0.3) is 0 Å². The lowest BCUT2D eigenvalue weighted by Gasteiger charge is -2.11. The number of rotatable bonds is 7. The zero-order valence-electron chi connectivity index (χ0n) is 13.3. The summed E-state index contributed by atoms with van der Waals surface area (Å²) in [5.74, 6) is -0.326. The van der Waals surface area contributed by atoms with Gasteiger partial charge in [0.2, 0.25) is 0 Å². The van der Waals surface area contributed by atoms with Gasteiger partial charge in [-0.25, -0.2) is 0 Å². The Labute approximate surface area is 139 Å². The van der Waals surface area contributed by atoms with Crippen molar-refractivity contribution in [3.8, 4) is 11.5 Å². The summed E-state index contributed by atoms with van der Waals surface area (Å²) in [5.41, 5.74) is 7.08. The van der Waals surface area contributed by atoms with Crippen molar-refractivity contribution in [3.05, 3.63) is 59.7 Å². The highest BCUT2D eigenvalue weighted by Gasteiger charge is 2.12. The van der Waals surface area contributed by atoms with Crippen molar-refractivity contribution in [2.75, 3.05) is 0 Å². The molecule has 0 amide bonds. The van der Waals surface area contributed by atoms with E-state index in [-0.39, 0.29) is 19.0 Å². The smallest absolute Gasteiger partial charge is 0.320 e. The minimum Gasteiger partial charge on any atom is -0.489 e. The largest absolute Gasteiger partial charge is 0.489 e. The number of hydrogen-bond acceptors (Lipinski definition) is 5. The van der Waals surface area contributed by atoms with Gasteiger partial charge in [-0.05, 0) is 30.2 Å². The number of carboxylic acid groups (broad SMARTS) is 1. The summed E-state index contributed by atoms with van der Waals surface area (Å²) < 4.78 is 10.8. The molecular formula is C18H19NO5. The highest BCUT2D eigenvalue weighted by molar-refractivity contribution is 5.73. The van der Waals surface area contributed by atoms with E-state index in [1.165, 1.54) is 6.92 Å². The fraction of sp³-hybridized carbons (Fsp3) is 0.222. The van der Waals surface area contributed by atoms with Crippen LogP contribution in [0.3, 0.4) is 0 Å². The van der Waals surface area contributed by atoms with Crippen LogP contribution < -0.4 is 15.2 Å². The summed E-state index contributed by atoms with van der Waals surface area (Å²) in [6, 6.07) is 13.3. The second-order valence-corrected chi connectivity index (χ2v) is 5.28. The number of carboxylic acids is 1. The van der Waals surface area contributed by atoms with Crippen LogP contribution in [-0.2, 0) is 22.6 Å². The monoisotopic (exact) mass is 329 g/mol. The lowest BCUT2D eigenvalue weighted by molar-refractivity contribution is -0.138. The molecule has 0 saturated heterocycles. The van der Waals surface area contributed by atoms with Crippen LogP contribution >= 0.6 is 0 Å². The van der Waals surface area contributed by atoms with Crippen LogP contribution in [-0.4, -0.2) is 23.1 Å². The fourth-order valence-corrected chi connectivity index (χ4v) is 2.10. The molecule has 1 atom stereocenters. The SMILES string of the molecule is CC(=O)Oc1ccccc1COc1ccc(CC(N)C(=O)O)cc1. The van der Waals surface area contributed by atoms with Gasteiger partial charge in [-0.3, -0.25) is 9.59 Å². The quantitative estimate of drug-likeness (QED) is 0.596. The Bertz CT molecular complexity index is 712. The van der Waals surface area contributed by atoms with Crippen LogP contribution in [0.2, 0.25) is 0 Å². The summed E-state index contributed by atoms with van der Waals surface area (Å²) in [6.45, 7) is 1.59. The molecule has 0 aliphatic heterocycles. The molecule has 6 heteroatoms. The molecule has 0 fully saturated rings. The lowest BCUT2D eigenvalue weighted by Crippen LogP contribution is -2.32. The van der Waals surface area contributed by atoms with Crippen LogP contribution in [0.5, 0.6) is 11.5 Å². The molecule has 3 N–H and O–H groups in total. The van der Waals surface area contributed by atoms with E-state index in [1.54, 1.807) is 36.4 Å². The predicted molar refractivity (Wildman–Crippen MR) is 87.8 cm³/mol. The summed E-state index contributed by atoms with van der Waals surface area (Å²) in [5, 5.41) is 8.81. The van der Waals surface area contributed by atoms with E-state index < -0.39 is 12.0 Å². The second kappa shape index (κ2) is 8.12. The Morgan fingerprint density at radius 3 is 2.42 bits per heavy atom. The topological polar surface area (TPSA) is 98.9 Å². The molecular weight excluding hydrogens is 310 g/mol. The summed E-state index contributed by atoms with van der Waals surface area (Å²) in [6.07, 6.45) is 0.255. The maximum atomic E-state index is 11.1. The molecule has 0 heterocycles. The molecule has 1 unspecified atom stereocenters. The molecule has 24 heavy (non-hydrogen) atoms. The number of hydrogen-bond donors (Lipinski definition) is 2. The van der Waals surface area contributed by atoms with Gasteiger partial charge in [-0.2, -0.15) is 0 Å². The van der Waals surface area contributed by atoms with Crippen molar-refractivity contribution in [2.45, 2.75) is 26.0 Å². The zero-order chi connectivity index (χ0) is 17.5. The number of ether oxygens (including phenoxy) is 2. The van der Waals surface area contributed by atoms with Gasteiger partial charge in [0.1, 0.15) is 24.1 Å². The normalized spacial score (nSPS) is 11.6. The Hall–Kier alpha value is -2.86. The van der Waals surface area contributed by atoms with E-state index in [0.29, 0.717) is 11.5 Å². The molecule has 0 bridgehead atoms. The van der Waals surface area contributed by atoms with E-state index in [4.69, 9.17) is 20.3 Å². The van der Waals surface area contributed by atoms with Crippen LogP contribution in [0, 0.1) is 0 Å². The molecule has 2 aromatic rings. The maximum absolute atomic E-state index is 11.1. The van der Waals surface area contributed by atoms with Gasteiger partial charge < -0.3 is 20.3 Å². The Balaban J connectivity index is 1.98. The van der Waals surface area contributed by atoms with Gasteiger partial charge >= 0.3 is 11.9 Å². The minimum absolute atomic E-state index is 0.247. The molecule has 2 rings (SSSR count). The average molecular weight is 329 g/mol. The van der Waals surface area contributed by atoms with Crippen LogP contribution in [0.15, 0.2) is 48.5 Å². The number of para-hydroxylation sites is 1. The third kappa shape index (κ3) is 5.10. The first-order chi connectivity index (χ1) is 11.5. The molecule has 126 valence electrons. The molecule has 0 aliphatic rings. The molecule has 0 aliphatic carbocycles. The van der Waals surface area contributed by atoms with Crippen LogP contribution in [0.4, 0.5) is 0 Å². The fourth-order valence-electron chi connectivity index (χ4n) is 2.10. The first-order valence-electron chi connectivity index (χ1n) is 7.42. The van der Waals surface area contributed by atoms with Crippen molar-refractivity contribution in [1.82, 2.24) is 0 Å². The van der Waals surface area contributed by atoms with Crippen LogP contribution in [0.1, 0.15) is 18.1 Å². The number of carbonyl (C=O) groups is 2. The van der Waals surface area contributed by atoms with E-state index in [1.807, 2.05) is 12.1 Å². The summed E-state index contributed by atoms with van der Waals surface area (Å²) in [4.78, 5) is 21.9. The zero-order valence-corrected chi connectivity index (χ0v) is 13.3. The Kier molecular flexibility index (Phi) is 5.92. The van der Waals surface area contributed by atoms with Gasteiger partial charge in [0.05, 0.1) is 0 Å². The van der Waals surface area contributed by atoms with Crippen molar-refractivity contribution >= 4 is 11.9 Å². The molecule has 0 radical (unpaired) electrons. The lowest BCUT2D eigenvalue weighted by atomic mass is 10.1. The van der Waals surface area contributed by atoms with Crippen molar-refractivity contribution in [1.29, 1.82) is 0 Å². The summed E-state index contributed by atoms with van der Waals surface area (Å²) in [7, 11) is 0. The molecule has 0 aromatic heterocycles. The number of carbonyl (C=O) groups excluding carboxylic acids is 1. The standard InChI is InChI=1S/C18H19NO5/c1-12(20)24-17-5-3-2-4-14(17)11-23-15-8-6-13(7-9-15)10-16(19)18(21)22/h2-9,16H,10-11,19H2,1H3,(H,21,22). The molecule has 2 aromatic carbocycles. The van der Waals surface area contributed by atoms with Gasteiger partial charge in [-0.15, -0.1) is 0 Å². The molecule has 0 saturated carbocycles. The van der Waals surface area contributed by atoms with E-state index in [2.05, 4.69) is 0 Å². The number of benzene rings is 2. The first kappa shape index (κ1) is 17.5. The van der Waals surface area contributed by atoms with Crippen molar-refractivity contribution in [2.24, 2.45) is 5.73 Å². The average Bonchev–Trinajstić information content (AvgIpc) is 2.54. The molecule has 6 nitrogen and oxygen atoms in total. The Morgan fingerprint density at radius 1 is 1.12 bits per heavy atom. The van der Waals surface area contributed by atoms with Gasteiger partial charge in [0.15, 0.2) is 0 Å². The third-order valence-electron chi connectivity index (χ3n) is 3.32. The summed E-state index contributed by atoms with van der Waals surface area (Å²) >= 11 is 0. The van der Waals surface area contributed by atoms with Gasteiger partial charge in [-0.1, -0.05) is 30.3 Å². The van der Waals surface area contributed by atoms with E-state index >= 15 is 0 Å². The highest BCUT2D eigenvalue weighted by atomic mass is 16.5. The Morgan fingerprint density at radius 2 is 1.79 bits per heavy atom. The van der Waals surface area contributed by atoms with Crippen molar-refractivity contribution in [3.63, 3.8) is 0 Å². The van der Waals surface area contributed by atoms with E-state index in [9.17, 15) is 9.59 Å². The third-order valence-corrected chi connectivity index (χ3v) is 3.32. The maximum Gasteiger partial charge on any atom is 0.320 e. The first-order valence-corrected chi connectivity index (χ1v) is 7.42. The predicted octanol–water partition coefficient (Wildman–Crippen LogP) is 2.15.